The number of halogens is 2. The van der Waals surface area contributed by atoms with Crippen LogP contribution in [0.25, 0.3) is 0 Å². The molecule has 1 aliphatic carbocycles. The summed E-state index contributed by atoms with van der Waals surface area (Å²) in [5.41, 5.74) is 1.81. The van der Waals surface area contributed by atoms with Crippen molar-refractivity contribution in [1.82, 2.24) is 20.2 Å². The van der Waals surface area contributed by atoms with Crippen LogP contribution in [0, 0.1) is 29.0 Å². The molecule has 1 saturated carbocycles. The van der Waals surface area contributed by atoms with Crippen LogP contribution in [0.15, 0.2) is 54.9 Å². The fourth-order valence-electron chi connectivity index (χ4n) is 4.86. The summed E-state index contributed by atoms with van der Waals surface area (Å²) in [6, 6.07) is 11.5. The topological polar surface area (TPSA) is 123 Å². The molecule has 0 bridgehead atoms. The lowest BCUT2D eigenvalue weighted by Crippen LogP contribution is -2.45. The fraction of sp³-hybridized carbons (Fsp3) is 0.345. The van der Waals surface area contributed by atoms with Crippen LogP contribution >= 0.6 is 11.6 Å². The molecule has 5 rings (SSSR count). The Morgan fingerprint density at radius 3 is 2.73 bits per heavy atom. The summed E-state index contributed by atoms with van der Waals surface area (Å²) in [7, 11) is 0. The Morgan fingerprint density at radius 2 is 2.00 bits per heavy atom. The number of rotatable bonds is 8. The number of carbonyl (C=O) groups is 2. The van der Waals surface area contributed by atoms with Crippen molar-refractivity contribution < 1.29 is 14.0 Å². The van der Waals surface area contributed by atoms with Gasteiger partial charge in [-0.05, 0) is 79.6 Å². The van der Waals surface area contributed by atoms with E-state index in [9.17, 15) is 19.2 Å². The van der Waals surface area contributed by atoms with Crippen molar-refractivity contribution in [1.29, 1.82) is 5.26 Å². The molecule has 3 N–H and O–H groups in total. The number of nitriles is 1. The van der Waals surface area contributed by atoms with Crippen LogP contribution in [0.4, 0.5) is 20.7 Å². The van der Waals surface area contributed by atoms with E-state index in [1.807, 2.05) is 6.92 Å². The van der Waals surface area contributed by atoms with Gasteiger partial charge in [-0.1, -0.05) is 24.6 Å². The second-order valence-corrected chi connectivity index (χ2v) is 10.8. The molecule has 0 spiro atoms. The molecule has 11 heteroatoms. The number of likely N-dealkylation sites (tertiary alicyclic amines) is 1. The van der Waals surface area contributed by atoms with Crippen LogP contribution in [-0.4, -0.2) is 45.9 Å². The zero-order valence-electron chi connectivity index (χ0n) is 21.9. The number of amides is 3. The third-order valence-corrected chi connectivity index (χ3v) is 7.35. The third-order valence-electron chi connectivity index (χ3n) is 7.13. The number of urea groups is 1. The Labute approximate surface area is 236 Å². The van der Waals surface area contributed by atoms with Gasteiger partial charge in [0.25, 0.3) is 0 Å². The molecule has 1 aromatic carbocycles. The molecule has 3 heterocycles. The van der Waals surface area contributed by atoms with Gasteiger partial charge in [0.05, 0.1) is 34.1 Å². The van der Waals surface area contributed by atoms with Crippen LogP contribution in [0.2, 0.25) is 5.02 Å². The highest BCUT2D eigenvalue weighted by molar-refractivity contribution is 6.30. The van der Waals surface area contributed by atoms with Crippen LogP contribution in [0.5, 0.6) is 0 Å². The highest BCUT2D eigenvalue weighted by atomic mass is 35.5. The average molecular weight is 562 g/mol. The standard InChI is InChI=1S/C29H29ClFN7O2/c1-17-10-25(38(16-17)29(40)37-26-7-5-21(30)15-34-26)28(39)36-23-12-20(4-6-22(23)31)27(35-14-18-2-3-18)24-11-19(13-32)8-9-33-24/h4-9,11-12,15,17-18,25,27,35H,2-3,10,14,16H2,1H3,(H,36,39)(H,34,37,40)/t17-,25-,27+/m1/s1. The van der Waals surface area contributed by atoms with E-state index in [0.29, 0.717) is 46.5 Å². The number of benzene rings is 1. The molecule has 3 atom stereocenters. The van der Waals surface area contributed by atoms with Crippen LogP contribution in [0.3, 0.4) is 0 Å². The molecule has 0 unspecified atom stereocenters. The minimum atomic E-state index is -0.789. The first-order valence-corrected chi connectivity index (χ1v) is 13.6. The summed E-state index contributed by atoms with van der Waals surface area (Å²) in [4.78, 5) is 36.4. The number of anilines is 2. The molecular weight excluding hydrogens is 533 g/mol. The molecule has 3 aromatic rings. The zero-order valence-corrected chi connectivity index (χ0v) is 22.7. The summed E-state index contributed by atoms with van der Waals surface area (Å²) < 4.78 is 15.0. The zero-order chi connectivity index (χ0) is 28.2. The van der Waals surface area contributed by atoms with Crippen molar-refractivity contribution in [2.45, 2.75) is 38.3 Å². The van der Waals surface area contributed by atoms with Gasteiger partial charge < -0.3 is 15.5 Å². The summed E-state index contributed by atoms with van der Waals surface area (Å²) in [6.07, 6.45) is 5.72. The normalized spacial score (nSPS) is 19.1. The van der Waals surface area contributed by atoms with Gasteiger partial charge in [-0.2, -0.15) is 5.26 Å². The van der Waals surface area contributed by atoms with Gasteiger partial charge >= 0.3 is 6.03 Å². The number of carbonyl (C=O) groups excluding carboxylic acids is 2. The summed E-state index contributed by atoms with van der Waals surface area (Å²) in [5, 5.41) is 18.7. The molecule has 2 aromatic heterocycles. The molecule has 2 aliphatic rings. The Bertz CT molecular complexity index is 1440. The molecule has 206 valence electrons. The lowest BCUT2D eigenvalue weighted by molar-refractivity contribution is -0.119. The first-order chi connectivity index (χ1) is 19.3. The maximum Gasteiger partial charge on any atom is 0.323 e. The van der Waals surface area contributed by atoms with Gasteiger partial charge in [0.15, 0.2) is 0 Å². The van der Waals surface area contributed by atoms with E-state index in [1.165, 1.54) is 17.2 Å². The minimum Gasteiger partial charge on any atom is -0.322 e. The first-order valence-electron chi connectivity index (χ1n) is 13.2. The van der Waals surface area contributed by atoms with Gasteiger partial charge in [0.2, 0.25) is 5.91 Å². The van der Waals surface area contributed by atoms with Gasteiger partial charge in [0, 0.05) is 18.9 Å². The monoisotopic (exact) mass is 561 g/mol. The van der Waals surface area contributed by atoms with Crippen molar-refractivity contribution in [2.75, 3.05) is 23.7 Å². The molecule has 0 radical (unpaired) electrons. The van der Waals surface area contributed by atoms with Gasteiger partial charge in [-0.25, -0.2) is 14.2 Å². The second kappa shape index (κ2) is 12.0. The van der Waals surface area contributed by atoms with E-state index in [4.69, 9.17) is 11.6 Å². The van der Waals surface area contributed by atoms with Crippen molar-refractivity contribution in [3.8, 4) is 6.07 Å². The molecule has 40 heavy (non-hydrogen) atoms. The molecule has 1 saturated heterocycles. The Hall–Kier alpha value is -4.07. The Morgan fingerprint density at radius 1 is 1.18 bits per heavy atom. The number of nitrogens with zero attached hydrogens (tertiary/aromatic N) is 4. The number of aromatic nitrogens is 2. The molecular formula is C29H29ClFN7O2. The Kier molecular flexibility index (Phi) is 8.24. The summed E-state index contributed by atoms with van der Waals surface area (Å²) in [6.45, 7) is 3.08. The van der Waals surface area contributed by atoms with E-state index < -0.39 is 29.8 Å². The van der Waals surface area contributed by atoms with Crippen molar-refractivity contribution in [3.63, 3.8) is 0 Å². The van der Waals surface area contributed by atoms with Gasteiger partial charge in [-0.3, -0.25) is 15.1 Å². The first kappa shape index (κ1) is 27.5. The number of hydrogen-bond donors (Lipinski definition) is 3. The number of pyridine rings is 2. The van der Waals surface area contributed by atoms with Crippen molar-refractivity contribution >= 4 is 35.0 Å². The van der Waals surface area contributed by atoms with E-state index in [1.54, 1.807) is 42.6 Å². The largest absolute Gasteiger partial charge is 0.323 e. The predicted molar refractivity (Wildman–Crippen MR) is 149 cm³/mol. The van der Waals surface area contributed by atoms with Gasteiger partial charge in [-0.15, -0.1) is 0 Å². The third kappa shape index (κ3) is 6.55. The van der Waals surface area contributed by atoms with E-state index in [0.717, 1.165) is 19.4 Å². The maximum atomic E-state index is 15.0. The Balaban J connectivity index is 1.35. The highest BCUT2D eigenvalue weighted by Gasteiger charge is 2.38. The van der Waals surface area contributed by atoms with E-state index in [2.05, 4.69) is 32.0 Å². The highest BCUT2D eigenvalue weighted by Crippen LogP contribution is 2.31. The SMILES string of the molecule is C[C@@H]1C[C@H](C(=O)Nc2cc([C@H](NCC3CC3)c3cc(C#N)ccn3)ccc2F)N(C(=O)Nc2ccc(Cl)cn2)C1. The smallest absolute Gasteiger partial charge is 0.322 e. The van der Waals surface area contributed by atoms with Crippen LogP contribution in [-0.2, 0) is 4.79 Å². The molecule has 1 aliphatic heterocycles. The molecule has 2 fully saturated rings. The fourth-order valence-corrected chi connectivity index (χ4v) is 4.97. The lowest BCUT2D eigenvalue weighted by atomic mass is 10.0. The van der Waals surface area contributed by atoms with E-state index in [-0.39, 0.29) is 11.6 Å². The van der Waals surface area contributed by atoms with Gasteiger partial charge in [0.1, 0.15) is 17.7 Å². The minimum absolute atomic E-state index is 0.0106. The summed E-state index contributed by atoms with van der Waals surface area (Å²) >= 11 is 5.87. The van der Waals surface area contributed by atoms with Crippen LogP contribution in [0.1, 0.15) is 49.0 Å². The quantitative estimate of drug-likeness (QED) is 0.351. The second-order valence-electron chi connectivity index (χ2n) is 10.4. The lowest BCUT2D eigenvalue weighted by Gasteiger charge is -2.24. The maximum absolute atomic E-state index is 15.0. The van der Waals surface area contributed by atoms with E-state index >= 15 is 0 Å². The molecule has 9 nitrogen and oxygen atoms in total. The number of hydrogen-bond acceptors (Lipinski definition) is 6. The number of nitrogens with one attached hydrogen (secondary N) is 3. The predicted octanol–water partition coefficient (Wildman–Crippen LogP) is 5.11. The molecule has 3 amide bonds. The average Bonchev–Trinajstić information content (AvgIpc) is 3.70. The van der Waals surface area contributed by atoms with Crippen LogP contribution < -0.4 is 16.0 Å². The van der Waals surface area contributed by atoms with Crippen molar-refractivity contribution in [3.05, 3.63) is 82.5 Å². The van der Waals surface area contributed by atoms with Crippen molar-refractivity contribution in [2.24, 2.45) is 11.8 Å². The summed E-state index contributed by atoms with van der Waals surface area (Å²) in [5.74, 6) is -0.113.